The monoisotopic (exact) mass is 299 g/mol. The lowest BCUT2D eigenvalue weighted by atomic mass is 9.85. The number of carboxylic acid groups (broad SMARTS) is 1. The van der Waals surface area contributed by atoms with Gasteiger partial charge in [-0.25, -0.2) is 4.79 Å². The molecule has 1 atom stereocenters. The van der Waals surface area contributed by atoms with Gasteiger partial charge in [0.05, 0.1) is 7.11 Å². The molecular weight excluding hydrogens is 286 g/mol. The average Bonchev–Trinajstić information content (AvgIpc) is 3.11. The molecular formula is C12H14BrNO3. The van der Waals surface area contributed by atoms with Crippen molar-refractivity contribution >= 4 is 21.9 Å². The molecule has 1 aromatic carbocycles. The minimum Gasteiger partial charge on any atom is -0.496 e. The molecule has 1 unspecified atom stereocenters. The van der Waals surface area contributed by atoms with Crippen molar-refractivity contribution in [2.75, 3.05) is 7.11 Å². The fourth-order valence-electron chi connectivity index (χ4n) is 2.05. The molecule has 1 aromatic rings. The van der Waals surface area contributed by atoms with Gasteiger partial charge in [0.15, 0.2) is 0 Å². The maximum absolute atomic E-state index is 11.5. The molecule has 5 heteroatoms. The van der Waals surface area contributed by atoms with E-state index in [2.05, 4.69) is 15.9 Å². The first kappa shape index (κ1) is 12.4. The van der Waals surface area contributed by atoms with Crippen molar-refractivity contribution < 1.29 is 14.6 Å². The maximum Gasteiger partial charge on any atom is 0.328 e. The fourth-order valence-corrected chi connectivity index (χ4v) is 2.41. The van der Waals surface area contributed by atoms with E-state index in [0.717, 1.165) is 17.3 Å². The minimum absolute atomic E-state index is 0.0109. The number of carboxylic acids is 1. The quantitative estimate of drug-likeness (QED) is 0.893. The van der Waals surface area contributed by atoms with E-state index < -0.39 is 11.5 Å². The summed E-state index contributed by atoms with van der Waals surface area (Å²) in [5.74, 6) is -0.496. The van der Waals surface area contributed by atoms with Crippen LogP contribution in [0.4, 0.5) is 0 Å². The van der Waals surface area contributed by atoms with E-state index in [0.29, 0.717) is 11.3 Å². The summed E-state index contributed by atoms with van der Waals surface area (Å²) in [5.41, 5.74) is 5.29. The molecule has 0 spiro atoms. The number of nitrogens with two attached hydrogens (primary N) is 1. The van der Waals surface area contributed by atoms with Crippen LogP contribution in [-0.4, -0.2) is 18.2 Å². The van der Waals surface area contributed by atoms with Crippen molar-refractivity contribution in [3.8, 4) is 5.75 Å². The highest BCUT2D eigenvalue weighted by Crippen LogP contribution is 2.47. The molecule has 0 aromatic heterocycles. The Labute approximate surface area is 108 Å². The predicted octanol–water partition coefficient (Wildman–Crippen LogP) is 2.11. The summed E-state index contributed by atoms with van der Waals surface area (Å²) in [7, 11) is 1.52. The summed E-state index contributed by atoms with van der Waals surface area (Å²) in [6.07, 6.45) is 1.69. The third kappa shape index (κ3) is 2.05. The Bertz CT molecular complexity index is 459. The van der Waals surface area contributed by atoms with E-state index >= 15 is 0 Å². The first-order valence-corrected chi connectivity index (χ1v) is 6.15. The second kappa shape index (κ2) is 4.31. The molecule has 1 fully saturated rings. The molecule has 17 heavy (non-hydrogen) atoms. The Morgan fingerprint density at radius 1 is 1.59 bits per heavy atom. The van der Waals surface area contributed by atoms with Crippen LogP contribution in [0.5, 0.6) is 5.75 Å². The molecule has 0 radical (unpaired) electrons. The van der Waals surface area contributed by atoms with Crippen molar-refractivity contribution in [2.45, 2.75) is 18.4 Å². The second-order valence-electron chi connectivity index (χ2n) is 4.29. The fraction of sp³-hybridized carbons (Fsp3) is 0.417. The largest absolute Gasteiger partial charge is 0.496 e. The van der Waals surface area contributed by atoms with E-state index in [1.165, 1.54) is 7.11 Å². The number of aliphatic carboxylic acids is 1. The van der Waals surface area contributed by atoms with E-state index in [1.54, 1.807) is 18.2 Å². The summed E-state index contributed by atoms with van der Waals surface area (Å²) in [5, 5.41) is 9.41. The van der Waals surface area contributed by atoms with Crippen LogP contribution in [-0.2, 0) is 10.3 Å². The molecule has 0 heterocycles. The lowest BCUT2D eigenvalue weighted by Crippen LogP contribution is -2.47. The van der Waals surface area contributed by atoms with E-state index in [9.17, 15) is 9.90 Å². The van der Waals surface area contributed by atoms with Gasteiger partial charge in [-0.3, -0.25) is 0 Å². The molecule has 1 aliphatic carbocycles. The van der Waals surface area contributed by atoms with Crippen LogP contribution in [0, 0.1) is 5.92 Å². The first-order valence-electron chi connectivity index (χ1n) is 5.36. The van der Waals surface area contributed by atoms with Gasteiger partial charge in [-0.05, 0) is 37.0 Å². The summed E-state index contributed by atoms with van der Waals surface area (Å²) >= 11 is 3.33. The van der Waals surface area contributed by atoms with Crippen LogP contribution in [0.25, 0.3) is 0 Å². The number of ether oxygens (including phenoxy) is 1. The van der Waals surface area contributed by atoms with Crippen LogP contribution in [0.15, 0.2) is 22.7 Å². The van der Waals surface area contributed by atoms with Crippen LogP contribution in [0.3, 0.4) is 0 Å². The van der Waals surface area contributed by atoms with Gasteiger partial charge in [0.25, 0.3) is 0 Å². The van der Waals surface area contributed by atoms with Crippen molar-refractivity contribution in [1.82, 2.24) is 0 Å². The summed E-state index contributed by atoms with van der Waals surface area (Å²) in [4.78, 5) is 11.5. The Morgan fingerprint density at radius 3 is 2.71 bits per heavy atom. The summed E-state index contributed by atoms with van der Waals surface area (Å²) in [6.45, 7) is 0. The lowest BCUT2D eigenvalue weighted by molar-refractivity contribution is -0.144. The number of rotatable bonds is 4. The minimum atomic E-state index is -1.35. The van der Waals surface area contributed by atoms with Gasteiger partial charge >= 0.3 is 5.97 Å². The van der Waals surface area contributed by atoms with E-state index in [-0.39, 0.29) is 5.92 Å². The van der Waals surface area contributed by atoms with Crippen LogP contribution < -0.4 is 10.5 Å². The maximum atomic E-state index is 11.5. The molecule has 3 N–H and O–H groups in total. The molecule has 92 valence electrons. The number of benzene rings is 1. The SMILES string of the molecule is COc1ccc(Br)cc1C(N)(C(=O)O)C1CC1. The van der Waals surface area contributed by atoms with Gasteiger partial charge in [0.2, 0.25) is 0 Å². The van der Waals surface area contributed by atoms with Crippen LogP contribution in [0.1, 0.15) is 18.4 Å². The molecule has 4 nitrogen and oxygen atoms in total. The Kier molecular flexibility index (Phi) is 3.14. The van der Waals surface area contributed by atoms with Crippen molar-refractivity contribution in [2.24, 2.45) is 11.7 Å². The number of hydrogen-bond donors (Lipinski definition) is 2. The summed E-state index contributed by atoms with van der Waals surface area (Å²) in [6, 6.07) is 5.26. The highest BCUT2D eigenvalue weighted by molar-refractivity contribution is 9.10. The second-order valence-corrected chi connectivity index (χ2v) is 5.21. The van der Waals surface area contributed by atoms with Gasteiger partial charge in [-0.2, -0.15) is 0 Å². The number of halogens is 1. The lowest BCUT2D eigenvalue weighted by Gasteiger charge is -2.27. The van der Waals surface area contributed by atoms with Gasteiger partial charge in [0, 0.05) is 10.0 Å². The zero-order valence-corrected chi connectivity index (χ0v) is 11.0. The van der Waals surface area contributed by atoms with Crippen LogP contribution >= 0.6 is 15.9 Å². The molecule has 0 amide bonds. The topological polar surface area (TPSA) is 72.5 Å². The predicted molar refractivity (Wildman–Crippen MR) is 66.9 cm³/mol. The van der Waals surface area contributed by atoms with Gasteiger partial charge in [0.1, 0.15) is 11.3 Å². The normalized spacial score (nSPS) is 18.5. The first-order chi connectivity index (χ1) is 8.00. The zero-order valence-electron chi connectivity index (χ0n) is 9.44. The molecule has 2 rings (SSSR count). The average molecular weight is 300 g/mol. The molecule has 0 bridgehead atoms. The third-order valence-corrected chi connectivity index (χ3v) is 3.68. The zero-order chi connectivity index (χ0) is 12.6. The van der Waals surface area contributed by atoms with Gasteiger partial charge in [-0.15, -0.1) is 0 Å². The Balaban J connectivity index is 2.56. The van der Waals surface area contributed by atoms with Crippen LogP contribution in [0.2, 0.25) is 0 Å². The van der Waals surface area contributed by atoms with Crippen molar-refractivity contribution in [1.29, 1.82) is 0 Å². The number of carbonyl (C=O) groups is 1. The molecule has 1 aliphatic rings. The van der Waals surface area contributed by atoms with E-state index in [1.807, 2.05) is 0 Å². The molecule has 1 saturated carbocycles. The van der Waals surface area contributed by atoms with E-state index in [4.69, 9.17) is 10.5 Å². The smallest absolute Gasteiger partial charge is 0.328 e. The van der Waals surface area contributed by atoms with Gasteiger partial charge in [-0.1, -0.05) is 15.9 Å². The highest BCUT2D eigenvalue weighted by Gasteiger charge is 2.51. The standard InChI is InChI=1S/C12H14BrNO3/c1-17-10-5-4-8(13)6-9(10)12(14,11(15)16)7-2-3-7/h4-7H,2-3,14H2,1H3,(H,15,16). The number of hydrogen-bond acceptors (Lipinski definition) is 3. The van der Waals surface area contributed by atoms with Crippen molar-refractivity contribution in [3.05, 3.63) is 28.2 Å². The highest BCUT2D eigenvalue weighted by atomic mass is 79.9. The third-order valence-electron chi connectivity index (χ3n) is 3.18. The van der Waals surface area contributed by atoms with Crippen molar-refractivity contribution in [3.63, 3.8) is 0 Å². The van der Waals surface area contributed by atoms with Gasteiger partial charge < -0.3 is 15.6 Å². The summed E-state index contributed by atoms with van der Waals surface area (Å²) < 4.78 is 6.01. The Morgan fingerprint density at radius 2 is 2.24 bits per heavy atom. The Hall–Kier alpha value is -1.07. The molecule has 0 saturated heterocycles. The number of methoxy groups -OCH3 is 1. The molecule has 0 aliphatic heterocycles.